The Morgan fingerprint density at radius 3 is 2.19 bits per heavy atom. The van der Waals surface area contributed by atoms with Crippen molar-refractivity contribution in [3.63, 3.8) is 0 Å². The van der Waals surface area contributed by atoms with Crippen LogP contribution in [-0.4, -0.2) is 42.3 Å². The first-order valence-corrected chi connectivity index (χ1v) is 11.0. The molecule has 0 aromatic heterocycles. The van der Waals surface area contributed by atoms with E-state index in [1.807, 2.05) is 24.3 Å². The van der Waals surface area contributed by atoms with Gasteiger partial charge in [0.05, 0.1) is 0 Å². The molecule has 2 aliphatic carbocycles. The van der Waals surface area contributed by atoms with E-state index in [0.29, 0.717) is 13.0 Å². The van der Waals surface area contributed by atoms with Crippen LogP contribution in [0.1, 0.15) is 37.3 Å². The maximum atomic E-state index is 12.3. The molecular weight excluding hydrogens is 408 g/mol. The minimum absolute atomic E-state index is 0.00269. The van der Waals surface area contributed by atoms with Crippen molar-refractivity contribution in [2.75, 3.05) is 13.2 Å². The highest BCUT2D eigenvalue weighted by molar-refractivity contribution is 5.87. The lowest BCUT2D eigenvalue weighted by atomic mass is 9.98. The molecule has 168 valence electrons. The summed E-state index contributed by atoms with van der Waals surface area (Å²) in [5, 5.41) is 14.6. The third kappa shape index (κ3) is 4.47. The highest BCUT2D eigenvalue weighted by Crippen LogP contribution is 2.44. The van der Waals surface area contributed by atoms with Gasteiger partial charge in [-0.1, -0.05) is 62.4 Å². The van der Waals surface area contributed by atoms with Crippen LogP contribution in [0.4, 0.5) is 4.79 Å². The number of carbonyl (C=O) groups is 3. The fourth-order valence-electron chi connectivity index (χ4n) is 4.43. The van der Waals surface area contributed by atoms with Crippen molar-refractivity contribution in [1.82, 2.24) is 10.6 Å². The summed E-state index contributed by atoms with van der Waals surface area (Å²) >= 11 is 0. The van der Waals surface area contributed by atoms with E-state index in [9.17, 15) is 19.5 Å². The van der Waals surface area contributed by atoms with Crippen molar-refractivity contribution >= 4 is 18.0 Å². The molecule has 2 amide bonds. The van der Waals surface area contributed by atoms with Gasteiger partial charge in [0.25, 0.3) is 0 Å². The lowest BCUT2D eigenvalue weighted by molar-refractivity contribution is -0.143. The van der Waals surface area contributed by atoms with Crippen LogP contribution >= 0.6 is 0 Å². The molecule has 2 aromatic rings. The van der Waals surface area contributed by atoms with Gasteiger partial charge in [0, 0.05) is 18.4 Å². The van der Waals surface area contributed by atoms with Crippen LogP contribution in [0, 0.1) is 17.8 Å². The number of hydrogen-bond acceptors (Lipinski definition) is 4. The van der Waals surface area contributed by atoms with E-state index < -0.39 is 18.1 Å². The summed E-state index contributed by atoms with van der Waals surface area (Å²) in [6.45, 7) is 4.07. The smallest absolute Gasteiger partial charge is 0.407 e. The minimum atomic E-state index is -1.04. The molecule has 0 saturated heterocycles. The third-order valence-corrected chi connectivity index (χ3v) is 6.34. The van der Waals surface area contributed by atoms with Crippen molar-refractivity contribution < 1.29 is 24.2 Å². The highest BCUT2D eigenvalue weighted by atomic mass is 16.5. The van der Waals surface area contributed by atoms with Crippen molar-refractivity contribution in [2.24, 2.45) is 17.8 Å². The van der Waals surface area contributed by atoms with E-state index in [4.69, 9.17) is 4.74 Å². The lowest BCUT2D eigenvalue weighted by Gasteiger charge is -2.18. The number of amides is 2. The van der Waals surface area contributed by atoms with Gasteiger partial charge in [0.15, 0.2) is 0 Å². The largest absolute Gasteiger partial charge is 0.480 e. The molecule has 7 heteroatoms. The van der Waals surface area contributed by atoms with Crippen LogP contribution in [0.3, 0.4) is 0 Å². The molecule has 2 unspecified atom stereocenters. The van der Waals surface area contributed by atoms with Crippen molar-refractivity contribution in [3.05, 3.63) is 59.7 Å². The molecule has 0 radical (unpaired) electrons. The van der Waals surface area contributed by atoms with Gasteiger partial charge in [-0.05, 0) is 40.5 Å². The lowest BCUT2D eigenvalue weighted by Crippen LogP contribution is -2.45. The van der Waals surface area contributed by atoms with Crippen molar-refractivity contribution in [3.8, 4) is 11.1 Å². The standard InChI is InChI=1S/C25H28N2O5/c1-14(2)22(24(29)30)27-23(28)20-11-15(20)12-26-25(31)32-13-21-18-9-5-3-7-16(18)17-8-4-6-10-19(17)21/h3-10,14-15,20-22H,11-13H2,1-2H3,(H,26,31)(H,27,28)(H,29,30)/t15?,20?,22-/m1/s1. The second-order valence-corrected chi connectivity index (χ2v) is 8.88. The Morgan fingerprint density at radius 2 is 1.62 bits per heavy atom. The highest BCUT2D eigenvalue weighted by Gasteiger charge is 2.44. The Labute approximate surface area is 187 Å². The quantitative estimate of drug-likeness (QED) is 0.588. The number of carbonyl (C=O) groups excluding carboxylic acids is 2. The Hall–Kier alpha value is -3.35. The first-order chi connectivity index (χ1) is 15.4. The minimum Gasteiger partial charge on any atom is -0.480 e. The topological polar surface area (TPSA) is 105 Å². The van der Waals surface area contributed by atoms with Crippen LogP contribution in [-0.2, 0) is 14.3 Å². The number of ether oxygens (including phenoxy) is 1. The molecular formula is C25H28N2O5. The molecule has 2 aromatic carbocycles. The number of carboxylic acids is 1. The van der Waals surface area contributed by atoms with Gasteiger partial charge in [-0.3, -0.25) is 4.79 Å². The maximum Gasteiger partial charge on any atom is 0.407 e. The number of rotatable bonds is 8. The zero-order valence-electron chi connectivity index (χ0n) is 18.2. The molecule has 0 bridgehead atoms. The van der Waals surface area contributed by atoms with Gasteiger partial charge in [0.1, 0.15) is 12.6 Å². The van der Waals surface area contributed by atoms with E-state index in [2.05, 4.69) is 34.9 Å². The van der Waals surface area contributed by atoms with Crippen molar-refractivity contribution in [2.45, 2.75) is 32.2 Å². The van der Waals surface area contributed by atoms with Gasteiger partial charge in [-0.2, -0.15) is 0 Å². The van der Waals surface area contributed by atoms with E-state index >= 15 is 0 Å². The van der Waals surface area contributed by atoms with Crippen LogP contribution in [0.2, 0.25) is 0 Å². The fourth-order valence-corrected chi connectivity index (χ4v) is 4.43. The Morgan fingerprint density at radius 1 is 1.03 bits per heavy atom. The summed E-state index contributed by atoms with van der Waals surface area (Å²) < 4.78 is 5.51. The maximum absolute atomic E-state index is 12.3. The number of carboxylic acid groups (broad SMARTS) is 1. The van der Waals surface area contributed by atoms with Crippen LogP contribution < -0.4 is 10.6 Å². The van der Waals surface area contributed by atoms with Crippen LogP contribution in [0.25, 0.3) is 11.1 Å². The fraction of sp³-hybridized carbons (Fsp3) is 0.400. The first kappa shape index (κ1) is 21.9. The first-order valence-electron chi connectivity index (χ1n) is 11.0. The van der Waals surface area contributed by atoms with Gasteiger partial charge in [-0.25, -0.2) is 9.59 Å². The SMILES string of the molecule is CC(C)[C@@H](NC(=O)C1CC1CNC(=O)OCC1c2ccccc2-c2ccccc21)C(=O)O. The predicted octanol–water partition coefficient (Wildman–Crippen LogP) is 3.39. The number of alkyl carbamates (subject to hydrolysis) is 1. The van der Waals surface area contributed by atoms with E-state index in [1.165, 1.54) is 11.1 Å². The van der Waals surface area contributed by atoms with Gasteiger partial charge >= 0.3 is 12.1 Å². The van der Waals surface area contributed by atoms with Crippen LogP contribution in [0.15, 0.2) is 48.5 Å². The molecule has 0 aliphatic heterocycles. The number of benzene rings is 2. The van der Waals surface area contributed by atoms with Gasteiger partial charge in [-0.15, -0.1) is 0 Å². The molecule has 3 atom stereocenters. The van der Waals surface area contributed by atoms with Gasteiger partial charge in [0.2, 0.25) is 5.91 Å². The second kappa shape index (κ2) is 9.02. The molecule has 1 saturated carbocycles. The summed E-state index contributed by atoms with van der Waals surface area (Å²) in [7, 11) is 0. The number of hydrogen-bond donors (Lipinski definition) is 3. The Bertz CT molecular complexity index is 989. The number of aliphatic carboxylic acids is 1. The summed E-state index contributed by atoms with van der Waals surface area (Å²) in [5.41, 5.74) is 4.65. The zero-order chi connectivity index (χ0) is 22.8. The number of fused-ring (bicyclic) bond motifs is 3. The number of nitrogens with one attached hydrogen (secondary N) is 2. The third-order valence-electron chi connectivity index (χ3n) is 6.34. The average Bonchev–Trinajstić information content (AvgIpc) is 3.49. The molecule has 4 rings (SSSR count). The van der Waals surface area contributed by atoms with Gasteiger partial charge < -0.3 is 20.5 Å². The monoisotopic (exact) mass is 436 g/mol. The normalized spacial score (nSPS) is 19.6. The molecule has 0 spiro atoms. The molecule has 7 nitrogen and oxygen atoms in total. The molecule has 3 N–H and O–H groups in total. The molecule has 2 aliphatic rings. The predicted molar refractivity (Wildman–Crippen MR) is 119 cm³/mol. The van der Waals surface area contributed by atoms with E-state index in [0.717, 1.165) is 11.1 Å². The summed E-state index contributed by atoms with van der Waals surface area (Å²) in [4.78, 5) is 35.8. The second-order valence-electron chi connectivity index (χ2n) is 8.88. The zero-order valence-corrected chi connectivity index (χ0v) is 18.2. The Kier molecular flexibility index (Phi) is 6.17. The molecule has 0 heterocycles. The van der Waals surface area contributed by atoms with Crippen molar-refractivity contribution in [1.29, 1.82) is 0 Å². The molecule has 32 heavy (non-hydrogen) atoms. The van der Waals surface area contributed by atoms with Crippen LogP contribution in [0.5, 0.6) is 0 Å². The Balaban J connectivity index is 1.26. The average molecular weight is 437 g/mol. The summed E-state index contributed by atoms with van der Waals surface area (Å²) in [6, 6.07) is 15.4. The summed E-state index contributed by atoms with van der Waals surface area (Å²) in [6.07, 6.45) is 0.114. The van der Waals surface area contributed by atoms with E-state index in [-0.39, 0.29) is 36.2 Å². The molecule has 1 fully saturated rings. The van der Waals surface area contributed by atoms with E-state index in [1.54, 1.807) is 13.8 Å². The summed E-state index contributed by atoms with van der Waals surface area (Å²) in [5.74, 6) is -1.79.